The van der Waals surface area contributed by atoms with Gasteiger partial charge in [0, 0.05) is 17.7 Å². The van der Waals surface area contributed by atoms with E-state index < -0.39 is 0 Å². The molecule has 0 saturated heterocycles. The van der Waals surface area contributed by atoms with Crippen molar-refractivity contribution in [3.05, 3.63) is 36.0 Å². The average molecular weight is 233 g/mol. The lowest BCUT2D eigenvalue weighted by Gasteiger charge is -2.24. The van der Waals surface area contributed by atoms with E-state index in [0.717, 1.165) is 30.5 Å². The van der Waals surface area contributed by atoms with Crippen molar-refractivity contribution in [2.45, 2.75) is 46.1 Å². The number of hydrogen-bond acceptors (Lipinski definition) is 1. The number of carbonyl (C=O) groups excluding carboxylic acids is 1. The van der Waals surface area contributed by atoms with Gasteiger partial charge in [-0.25, -0.2) is 0 Å². The zero-order valence-electron chi connectivity index (χ0n) is 11.4. The van der Waals surface area contributed by atoms with Crippen molar-refractivity contribution in [3.63, 3.8) is 0 Å². The first-order valence-electron chi connectivity index (χ1n) is 6.42. The van der Waals surface area contributed by atoms with Crippen molar-refractivity contribution in [1.82, 2.24) is 4.90 Å². The number of allylic oxidation sites excluding steroid dienone is 1. The summed E-state index contributed by atoms with van der Waals surface area (Å²) >= 11 is 0. The van der Waals surface area contributed by atoms with E-state index in [0.29, 0.717) is 0 Å². The highest BCUT2D eigenvalue weighted by molar-refractivity contribution is 6.01. The second kappa shape index (κ2) is 5.35. The molecule has 94 valence electrons. The van der Waals surface area contributed by atoms with E-state index in [4.69, 9.17) is 0 Å². The van der Waals surface area contributed by atoms with Gasteiger partial charge in [0.05, 0.1) is 0 Å². The van der Waals surface area contributed by atoms with E-state index in [1.807, 2.05) is 37.8 Å². The van der Waals surface area contributed by atoms with Crippen LogP contribution in [0.15, 0.2) is 36.0 Å². The van der Waals surface area contributed by atoms with Crippen LogP contribution in [0.1, 0.15) is 40.5 Å². The molecule has 0 aromatic carbocycles. The summed E-state index contributed by atoms with van der Waals surface area (Å²) in [7, 11) is 0. The highest BCUT2D eigenvalue weighted by atomic mass is 16.2. The largest absolute Gasteiger partial charge is 0.329 e. The molecule has 1 heterocycles. The van der Waals surface area contributed by atoms with Crippen molar-refractivity contribution in [3.8, 4) is 0 Å². The minimum absolute atomic E-state index is 0.120. The molecule has 17 heavy (non-hydrogen) atoms. The zero-order valence-corrected chi connectivity index (χ0v) is 11.4. The Morgan fingerprint density at radius 1 is 1.35 bits per heavy atom. The van der Waals surface area contributed by atoms with Crippen LogP contribution < -0.4 is 0 Å². The molecule has 2 heteroatoms. The standard InChI is InChI=1S/C13H17NO.C2H6/c1-4-6-11-10(5-2)9-14(12(11)15)13(3)7-8-13;1-2/h4-6H,2,7-9H2,1,3H3;1-2H3/b6-4-;. The van der Waals surface area contributed by atoms with Crippen LogP contribution >= 0.6 is 0 Å². The Bertz CT molecular complexity index is 372. The normalized spacial score (nSPS) is 21.6. The molecule has 1 saturated carbocycles. The Morgan fingerprint density at radius 3 is 2.35 bits per heavy atom. The predicted molar refractivity (Wildman–Crippen MR) is 72.7 cm³/mol. The summed E-state index contributed by atoms with van der Waals surface area (Å²) in [5.41, 5.74) is 2.00. The number of amides is 1. The molecule has 1 fully saturated rings. The molecular weight excluding hydrogens is 210 g/mol. The molecule has 1 amide bonds. The Balaban J connectivity index is 0.000000686. The molecule has 1 aliphatic carbocycles. The summed E-state index contributed by atoms with van der Waals surface area (Å²) in [6.45, 7) is 12.6. The first kappa shape index (κ1) is 13.8. The van der Waals surface area contributed by atoms with Crippen LogP contribution in [0.5, 0.6) is 0 Å². The molecule has 0 atom stereocenters. The second-order valence-corrected chi connectivity index (χ2v) is 4.53. The van der Waals surface area contributed by atoms with Gasteiger partial charge in [0.25, 0.3) is 5.91 Å². The summed E-state index contributed by atoms with van der Waals surface area (Å²) in [6, 6.07) is 0. The first-order valence-corrected chi connectivity index (χ1v) is 6.42. The van der Waals surface area contributed by atoms with Gasteiger partial charge in [-0.1, -0.05) is 38.7 Å². The third-order valence-corrected chi connectivity index (χ3v) is 3.35. The Kier molecular flexibility index (Phi) is 4.33. The van der Waals surface area contributed by atoms with Crippen molar-refractivity contribution in [2.75, 3.05) is 6.54 Å². The quantitative estimate of drug-likeness (QED) is 0.731. The molecule has 0 aromatic rings. The molecular formula is C15H23NO. The fourth-order valence-electron chi connectivity index (χ4n) is 2.02. The SMILES string of the molecule is C=CC1=C(/C=C\C)C(=O)N(C2(C)CC2)C1.CC. The van der Waals surface area contributed by atoms with Gasteiger partial charge in [-0.15, -0.1) is 0 Å². The Hall–Kier alpha value is -1.31. The van der Waals surface area contributed by atoms with E-state index in [-0.39, 0.29) is 11.4 Å². The van der Waals surface area contributed by atoms with Crippen LogP contribution in [0.3, 0.4) is 0 Å². The van der Waals surface area contributed by atoms with E-state index in [1.54, 1.807) is 6.08 Å². The van der Waals surface area contributed by atoms with Crippen molar-refractivity contribution < 1.29 is 4.79 Å². The van der Waals surface area contributed by atoms with Crippen molar-refractivity contribution >= 4 is 5.91 Å². The minimum atomic E-state index is 0.120. The van der Waals surface area contributed by atoms with Gasteiger partial charge >= 0.3 is 0 Å². The van der Waals surface area contributed by atoms with Gasteiger partial charge in [0.15, 0.2) is 0 Å². The maximum atomic E-state index is 12.1. The summed E-state index contributed by atoms with van der Waals surface area (Å²) in [5.74, 6) is 0.169. The maximum Gasteiger partial charge on any atom is 0.254 e. The van der Waals surface area contributed by atoms with Crippen molar-refractivity contribution in [2.24, 2.45) is 0 Å². The van der Waals surface area contributed by atoms with Crippen LogP contribution in [-0.2, 0) is 4.79 Å². The maximum absolute atomic E-state index is 12.1. The Labute approximate surface area is 105 Å². The predicted octanol–water partition coefficient (Wildman–Crippen LogP) is 3.47. The molecule has 2 nitrogen and oxygen atoms in total. The highest BCUT2D eigenvalue weighted by Crippen LogP contribution is 2.44. The first-order chi connectivity index (χ1) is 8.12. The summed E-state index contributed by atoms with van der Waals surface area (Å²) in [4.78, 5) is 14.1. The zero-order chi connectivity index (χ0) is 13.1. The number of hydrogen-bond donors (Lipinski definition) is 0. The number of carbonyl (C=O) groups is 1. The second-order valence-electron chi connectivity index (χ2n) is 4.53. The molecule has 0 bridgehead atoms. The molecule has 0 radical (unpaired) electrons. The minimum Gasteiger partial charge on any atom is -0.329 e. The van der Waals surface area contributed by atoms with Gasteiger partial charge in [-0.2, -0.15) is 0 Å². The van der Waals surface area contributed by atoms with Crippen LogP contribution in [0.2, 0.25) is 0 Å². The van der Waals surface area contributed by atoms with Gasteiger partial charge < -0.3 is 4.90 Å². The smallest absolute Gasteiger partial charge is 0.254 e. The number of rotatable bonds is 3. The summed E-state index contributed by atoms with van der Waals surface area (Å²) in [6.07, 6.45) is 7.87. The fourth-order valence-corrected chi connectivity index (χ4v) is 2.02. The lowest BCUT2D eigenvalue weighted by atomic mass is 10.1. The number of nitrogens with zero attached hydrogens (tertiary/aromatic N) is 1. The molecule has 1 aliphatic heterocycles. The molecule has 0 N–H and O–H groups in total. The monoisotopic (exact) mass is 233 g/mol. The molecule has 0 aromatic heterocycles. The summed E-state index contributed by atoms with van der Waals surface area (Å²) in [5, 5.41) is 0. The van der Waals surface area contributed by atoms with Gasteiger partial charge in [-0.05, 0) is 32.3 Å². The third kappa shape index (κ3) is 2.51. The van der Waals surface area contributed by atoms with Gasteiger partial charge in [0.2, 0.25) is 0 Å². The van der Waals surface area contributed by atoms with Crippen LogP contribution in [0, 0.1) is 0 Å². The molecule has 0 unspecified atom stereocenters. The van der Waals surface area contributed by atoms with Gasteiger partial charge in [-0.3, -0.25) is 4.79 Å². The highest BCUT2D eigenvalue weighted by Gasteiger charge is 2.48. The molecule has 2 rings (SSSR count). The van der Waals surface area contributed by atoms with E-state index in [2.05, 4.69) is 13.5 Å². The molecule has 0 spiro atoms. The summed E-state index contributed by atoms with van der Waals surface area (Å²) < 4.78 is 0. The van der Waals surface area contributed by atoms with Crippen LogP contribution in [0.4, 0.5) is 0 Å². The van der Waals surface area contributed by atoms with E-state index in [1.165, 1.54) is 0 Å². The fraction of sp³-hybridized carbons (Fsp3) is 0.533. The molecule has 2 aliphatic rings. The lowest BCUT2D eigenvalue weighted by Crippen LogP contribution is -2.37. The third-order valence-electron chi connectivity index (χ3n) is 3.35. The van der Waals surface area contributed by atoms with E-state index in [9.17, 15) is 4.79 Å². The van der Waals surface area contributed by atoms with Gasteiger partial charge in [0.1, 0.15) is 0 Å². The van der Waals surface area contributed by atoms with Crippen molar-refractivity contribution in [1.29, 1.82) is 0 Å². The average Bonchev–Trinajstić information content (AvgIpc) is 3.01. The van der Waals surface area contributed by atoms with E-state index >= 15 is 0 Å². The lowest BCUT2D eigenvalue weighted by molar-refractivity contribution is -0.127. The topological polar surface area (TPSA) is 20.3 Å². The Morgan fingerprint density at radius 2 is 1.94 bits per heavy atom. The van der Waals surface area contributed by atoms with Crippen LogP contribution in [0.25, 0.3) is 0 Å². The van der Waals surface area contributed by atoms with Crippen LogP contribution in [-0.4, -0.2) is 22.9 Å².